The third-order valence-corrected chi connectivity index (χ3v) is 5.72. The van der Waals surface area contributed by atoms with E-state index in [1.54, 1.807) is 24.3 Å². The van der Waals surface area contributed by atoms with Crippen LogP contribution in [0.4, 0.5) is 4.39 Å². The fourth-order valence-corrected chi connectivity index (χ4v) is 3.65. The Morgan fingerprint density at radius 3 is 1.79 bits per heavy atom. The first-order chi connectivity index (χ1) is 16.6. The van der Waals surface area contributed by atoms with Crippen molar-refractivity contribution in [2.24, 2.45) is 0 Å². The van der Waals surface area contributed by atoms with Crippen LogP contribution < -0.4 is 14.2 Å². The molecule has 0 aliphatic rings. The average Bonchev–Trinajstić information content (AvgIpc) is 2.84. The Kier molecular flexibility index (Phi) is 13.8. The molecule has 0 amide bonds. The molecular weight excluding hydrogens is 431 g/mol. The van der Waals surface area contributed by atoms with Crippen LogP contribution in [0.25, 0.3) is 0 Å². The van der Waals surface area contributed by atoms with Gasteiger partial charge in [-0.25, -0.2) is 9.18 Å². The minimum Gasteiger partial charge on any atom is -0.494 e. The molecule has 2 rings (SSSR count). The maximum atomic E-state index is 14.3. The summed E-state index contributed by atoms with van der Waals surface area (Å²) >= 11 is 0. The van der Waals surface area contributed by atoms with Crippen molar-refractivity contribution in [3.63, 3.8) is 0 Å². The second kappa shape index (κ2) is 17.0. The molecule has 0 spiro atoms. The molecule has 0 aliphatic heterocycles. The quantitative estimate of drug-likeness (QED) is 0.124. The maximum Gasteiger partial charge on any atom is 0.343 e. The molecular formula is C29H41FO4. The van der Waals surface area contributed by atoms with Crippen molar-refractivity contribution in [1.29, 1.82) is 0 Å². The zero-order chi connectivity index (χ0) is 24.4. The Hall–Kier alpha value is -2.56. The molecule has 188 valence electrons. The van der Waals surface area contributed by atoms with Crippen molar-refractivity contribution in [3.8, 4) is 17.2 Å². The van der Waals surface area contributed by atoms with E-state index >= 15 is 0 Å². The van der Waals surface area contributed by atoms with Crippen molar-refractivity contribution < 1.29 is 23.4 Å². The largest absolute Gasteiger partial charge is 0.494 e. The summed E-state index contributed by atoms with van der Waals surface area (Å²) in [7, 11) is 0. The Morgan fingerprint density at radius 2 is 1.21 bits per heavy atom. The first-order valence-corrected chi connectivity index (χ1v) is 13.0. The molecule has 0 fully saturated rings. The number of carbonyl (C=O) groups is 1. The van der Waals surface area contributed by atoms with Gasteiger partial charge in [-0.3, -0.25) is 0 Å². The Morgan fingerprint density at radius 1 is 0.676 bits per heavy atom. The van der Waals surface area contributed by atoms with E-state index in [-0.39, 0.29) is 11.3 Å². The molecule has 2 aromatic carbocycles. The van der Waals surface area contributed by atoms with Gasteiger partial charge in [0.1, 0.15) is 11.5 Å². The smallest absolute Gasteiger partial charge is 0.343 e. The predicted octanol–water partition coefficient (Wildman–Crippen LogP) is 8.52. The summed E-state index contributed by atoms with van der Waals surface area (Å²) in [6.07, 6.45) is 14.2. The highest BCUT2D eigenvalue weighted by atomic mass is 19.1. The lowest BCUT2D eigenvalue weighted by Gasteiger charge is -2.10. The minimum absolute atomic E-state index is 0.145. The van der Waals surface area contributed by atoms with Gasteiger partial charge in [-0.2, -0.15) is 0 Å². The molecule has 0 atom stereocenters. The molecule has 0 bridgehead atoms. The lowest BCUT2D eigenvalue weighted by molar-refractivity contribution is 0.0734. The van der Waals surface area contributed by atoms with Gasteiger partial charge in [-0.15, -0.1) is 0 Å². The third-order valence-electron chi connectivity index (χ3n) is 5.72. The van der Waals surface area contributed by atoms with Crippen LogP contribution in [0.3, 0.4) is 0 Å². The van der Waals surface area contributed by atoms with Gasteiger partial charge in [0.25, 0.3) is 0 Å². The van der Waals surface area contributed by atoms with Gasteiger partial charge in [-0.1, -0.05) is 78.1 Å². The standard InChI is InChI=1S/C29H41FO4/c1-3-5-7-9-10-12-13-21-32-25-16-18-26(19-17-25)34-29(31)24-15-20-28(27(30)23-24)33-22-14-11-8-6-4-2/h15-20,23H,3-14,21-22H2,1-2H3. The fraction of sp³-hybridized carbons (Fsp3) is 0.552. The molecule has 0 N–H and O–H groups in total. The second-order valence-corrected chi connectivity index (χ2v) is 8.74. The number of halogens is 1. The molecule has 0 unspecified atom stereocenters. The van der Waals surface area contributed by atoms with E-state index in [0.717, 1.165) is 31.1 Å². The molecule has 0 radical (unpaired) electrons. The van der Waals surface area contributed by atoms with Gasteiger partial charge in [0, 0.05) is 0 Å². The number of benzene rings is 2. The van der Waals surface area contributed by atoms with Crippen LogP contribution in [0.15, 0.2) is 42.5 Å². The normalized spacial score (nSPS) is 10.8. The van der Waals surface area contributed by atoms with Crippen LogP contribution in [0.5, 0.6) is 17.2 Å². The van der Waals surface area contributed by atoms with Gasteiger partial charge in [0.15, 0.2) is 11.6 Å². The third kappa shape index (κ3) is 11.0. The highest BCUT2D eigenvalue weighted by Gasteiger charge is 2.13. The number of hydrogen-bond acceptors (Lipinski definition) is 4. The second-order valence-electron chi connectivity index (χ2n) is 8.74. The summed E-state index contributed by atoms with van der Waals surface area (Å²) in [4.78, 5) is 12.4. The Balaban J connectivity index is 1.71. The number of hydrogen-bond donors (Lipinski definition) is 0. The Bertz CT molecular complexity index is 819. The van der Waals surface area contributed by atoms with Crippen molar-refractivity contribution in [1.82, 2.24) is 0 Å². The zero-order valence-electron chi connectivity index (χ0n) is 21.0. The van der Waals surface area contributed by atoms with Crippen molar-refractivity contribution in [2.45, 2.75) is 90.9 Å². The van der Waals surface area contributed by atoms with Crippen molar-refractivity contribution in [3.05, 3.63) is 53.8 Å². The zero-order valence-corrected chi connectivity index (χ0v) is 21.0. The van der Waals surface area contributed by atoms with Crippen LogP contribution in [-0.2, 0) is 0 Å². The number of rotatable bonds is 18. The first kappa shape index (κ1) is 27.7. The van der Waals surface area contributed by atoms with Gasteiger partial charge < -0.3 is 14.2 Å². The SMILES string of the molecule is CCCCCCCCCOc1ccc(OC(=O)c2ccc(OCCCCCCC)c(F)c2)cc1. The van der Waals surface area contributed by atoms with Crippen LogP contribution in [0, 0.1) is 5.82 Å². The van der Waals surface area contributed by atoms with Gasteiger partial charge >= 0.3 is 5.97 Å². The molecule has 0 aromatic heterocycles. The van der Waals surface area contributed by atoms with E-state index in [2.05, 4.69) is 13.8 Å². The van der Waals surface area contributed by atoms with E-state index in [1.807, 2.05) is 0 Å². The number of carbonyl (C=O) groups excluding carboxylic acids is 1. The summed E-state index contributed by atoms with van der Waals surface area (Å²) in [6.45, 7) is 5.54. The van der Waals surface area contributed by atoms with Crippen molar-refractivity contribution >= 4 is 5.97 Å². The molecule has 0 heterocycles. The number of ether oxygens (including phenoxy) is 3. The topological polar surface area (TPSA) is 44.8 Å². The summed E-state index contributed by atoms with van der Waals surface area (Å²) in [6, 6.07) is 11.1. The summed E-state index contributed by atoms with van der Waals surface area (Å²) in [5.74, 6) is 0.127. The molecule has 0 saturated heterocycles. The number of unbranched alkanes of at least 4 members (excludes halogenated alkanes) is 10. The van der Waals surface area contributed by atoms with E-state index in [0.29, 0.717) is 19.0 Å². The van der Waals surface area contributed by atoms with Gasteiger partial charge in [-0.05, 0) is 55.3 Å². The minimum atomic E-state index is -0.609. The molecule has 4 nitrogen and oxygen atoms in total. The van der Waals surface area contributed by atoms with Crippen molar-refractivity contribution in [2.75, 3.05) is 13.2 Å². The lowest BCUT2D eigenvalue weighted by atomic mass is 10.1. The van der Waals surface area contributed by atoms with E-state index in [4.69, 9.17) is 14.2 Å². The predicted molar refractivity (Wildman–Crippen MR) is 136 cm³/mol. The van der Waals surface area contributed by atoms with Crippen LogP contribution in [0.2, 0.25) is 0 Å². The fourth-order valence-electron chi connectivity index (χ4n) is 3.65. The highest BCUT2D eigenvalue weighted by molar-refractivity contribution is 5.91. The maximum absolute atomic E-state index is 14.3. The number of esters is 1. The monoisotopic (exact) mass is 472 g/mol. The highest BCUT2D eigenvalue weighted by Crippen LogP contribution is 2.22. The molecule has 0 saturated carbocycles. The summed E-state index contributed by atoms with van der Waals surface area (Å²) < 4.78 is 31.0. The molecule has 2 aromatic rings. The van der Waals surface area contributed by atoms with Crippen LogP contribution >= 0.6 is 0 Å². The molecule has 34 heavy (non-hydrogen) atoms. The lowest BCUT2D eigenvalue weighted by Crippen LogP contribution is -2.09. The van der Waals surface area contributed by atoms with Crippen LogP contribution in [0.1, 0.15) is 101 Å². The van der Waals surface area contributed by atoms with E-state index in [9.17, 15) is 9.18 Å². The van der Waals surface area contributed by atoms with Gasteiger partial charge in [0.2, 0.25) is 0 Å². The van der Waals surface area contributed by atoms with E-state index in [1.165, 1.54) is 69.9 Å². The average molecular weight is 473 g/mol. The van der Waals surface area contributed by atoms with Gasteiger partial charge in [0.05, 0.1) is 18.8 Å². The Labute approximate surface area is 204 Å². The summed E-state index contributed by atoms with van der Waals surface area (Å²) in [5.41, 5.74) is 0.145. The van der Waals surface area contributed by atoms with E-state index < -0.39 is 11.8 Å². The molecule has 5 heteroatoms. The first-order valence-electron chi connectivity index (χ1n) is 13.0. The molecule has 0 aliphatic carbocycles. The summed E-state index contributed by atoms with van der Waals surface area (Å²) in [5, 5.41) is 0. The van der Waals surface area contributed by atoms with Crippen LogP contribution in [-0.4, -0.2) is 19.2 Å².